The van der Waals surface area contributed by atoms with E-state index in [0.29, 0.717) is 18.7 Å². The lowest BCUT2D eigenvalue weighted by atomic mass is 10.2. The molecule has 0 aromatic carbocycles. The van der Waals surface area contributed by atoms with Crippen molar-refractivity contribution < 1.29 is 4.79 Å². The number of carbonyl (C=O) groups is 1. The summed E-state index contributed by atoms with van der Waals surface area (Å²) in [6, 6.07) is 0.171. The summed E-state index contributed by atoms with van der Waals surface area (Å²) in [6.45, 7) is 8.97. The highest BCUT2D eigenvalue weighted by molar-refractivity contribution is 5.95. The van der Waals surface area contributed by atoms with Crippen LogP contribution in [-0.2, 0) is 6.54 Å². The topological polar surface area (TPSA) is 67.4 Å². The number of amides is 1. The number of rotatable bonds is 8. The zero-order valence-electron chi connectivity index (χ0n) is 14.0. The van der Waals surface area contributed by atoms with Gasteiger partial charge >= 0.3 is 0 Å². The summed E-state index contributed by atoms with van der Waals surface area (Å²) in [7, 11) is 4.04. The molecule has 0 radical (unpaired) electrons. The fraction of sp³-hybridized carbons (Fsp3) is 0.733. The van der Waals surface area contributed by atoms with E-state index in [-0.39, 0.29) is 11.9 Å². The van der Waals surface area contributed by atoms with Crippen molar-refractivity contribution in [2.24, 2.45) is 5.73 Å². The molecule has 0 fully saturated rings. The molecule has 1 unspecified atom stereocenters. The highest BCUT2D eigenvalue weighted by Crippen LogP contribution is 2.13. The van der Waals surface area contributed by atoms with Gasteiger partial charge in [0.2, 0.25) is 0 Å². The van der Waals surface area contributed by atoms with Gasteiger partial charge in [-0.2, -0.15) is 5.10 Å². The van der Waals surface area contributed by atoms with Gasteiger partial charge in [0.1, 0.15) is 0 Å². The van der Waals surface area contributed by atoms with Crippen molar-refractivity contribution in [2.75, 3.05) is 33.7 Å². The normalized spacial score (nSPS) is 12.7. The average molecular weight is 295 g/mol. The zero-order chi connectivity index (χ0) is 16.0. The Morgan fingerprint density at radius 2 is 2.14 bits per heavy atom. The first-order valence-corrected chi connectivity index (χ1v) is 7.60. The van der Waals surface area contributed by atoms with Crippen molar-refractivity contribution in [3.05, 3.63) is 17.5 Å². The zero-order valence-corrected chi connectivity index (χ0v) is 14.0. The first-order chi connectivity index (χ1) is 9.92. The number of nitrogens with zero attached hydrogens (tertiary/aromatic N) is 4. The largest absolute Gasteiger partial charge is 0.335 e. The molecule has 120 valence electrons. The third-order valence-electron chi connectivity index (χ3n) is 3.67. The van der Waals surface area contributed by atoms with Gasteiger partial charge in [-0.3, -0.25) is 9.48 Å². The van der Waals surface area contributed by atoms with Crippen molar-refractivity contribution in [1.82, 2.24) is 19.6 Å². The van der Waals surface area contributed by atoms with E-state index in [1.165, 1.54) is 0 Å². The van der Waals surface area contributed by atoms with Crippen molar-refractivity contribution in [3.8, 4) is 0 Å². The minimum Gasteiger partial charge on any atom is -0.335 e. The Morgan fingerprint density at radius 1 is 1.48 bits per heavy atom. The molecule has 1 atom stereocenters. The van der Waals surface area contributed by atoms with Crippen molar-refractivity contribution in [2.45, 2.75) is 39.8 Å². The minimum atomic E-state index is 0.0587. The predicted octanol–water partition coefficient (Wildman–Crippen LogP) is 0.953. The quantitative estimate of drug-likeness (QED) is 0.775. The highest BCUT2D eigenvalue weighted by Gasteiger charge is 2.23. The number of hydrogen-bond acceptors (Lipinski definition) is 4. The highest BCUT2D eigenvalue weighted by atomic mass is 16.2. The second-order valence-electron chi connectivity index (χ2n) is 5.71. The summed E-state index contributed by atoms with van der Waals surface area (Å²) < 4.78 is 1.87. The Bertz CT molecular complexity index is 455. The van der Waals surface area contributed by atoms with Gasteiger partial charge in [-0.05, 0) is 47.8 Å². The molecule has 0 bridgehead atoms. The summed E-state index contributed by atoms with van der Waals surface area (Å²) in [5.41, 5.74) is 7.14. The van der Waals surface area contributed by atoms with Gasteiger partial charge in [0, 0.05) is 31.4 Å². The molecule has 1 aromatic rings. The Kier molecular flexibility index (Phi) is 6.84. The van der Waals surface area contributed by atoms with Crippen LogP contribution in [0.2, 0.25) is 0 Å². The fourth-order valence-electron chi connectivity index (χ4n) is 2.56. The summed E-state index contributed by atoms with van der Waals surface area (Å²) in [6.07, 6.45) is 2.55. The molecule has 21 heavy (non-hydrogen) atoms. The van der Waals surface area contributed by atoms with Gasteiger partial charge in [0.05, 0.1) is 11.8 Å². The molecule has 1 aromatic heterocycles. The van der Waals surface area contributed by atoms with Gasteiger partial charge in [0.25, 0.3) is 5.91 Å². The third kappa shape index (κ3) is 4.54. The molecule has 0 spiro atoms. The van der Waals surface area contributed by atoms with E-state index >= 15 is 0 Å². The minimum absolute atomic E-state index is 0.0587. The predicted molar refractivity (Wildman–Crippen MR) is 85.4 cm³/mol. The molecule has 0 aliphatic rings. The van der Waals surface area contributed by atoms with Gasteiger partial charge in [-0.1, -0.05) is 0 Å². The lowest BCUT2D eigenvalue weighted by Gasteiger charge is -2.30. The molecular weight excluding hydrogens is 266 g/mol. The number of nitrogens with two attached hydrogens (primary N) is 1. The van der Waals surface area contributed by atoms with E-state index in [4.69, 9.17) is 5.73 Å². The van der Waals surface area contributed by atoms with Crippen molar-refractivity contribution >= 4 is 5.91 Å². The number of likely N-dealkylation sites (N-methyl/N-ethyl adjacent to an activating group) is 2. The maximum Gasteiger partial charge on any atom is 0.257 e. The number of aryl methyl sites for hydroxylation is 1. The first kappa shape index (κ1) is 17.7. The van der Waals surface area contributed by atoms with Gasteiger partial charge < -0.3 is 15.5 Å². The number of carbonyl (C=O) groups excluding carboxylic acids is 1. The summed E-state index contributed by atoms with van der Waals surface area (Å²) >= 11 is 0. The lowest BCUT2D eigenvalue weighted by Crippen LogP contribution is -2.43. The standard InChI is InChI=1S/C15H29N5O/c1-6-19(12(2)11-18(4)5)15(21)14-10-17-20(13(14)3)9-7-8-16/h10,12H,6-9,11,16H2,1-5H3. The monoisotopic (exact) mass is 295 g/mol. The maximum absolute atomic E-state index is 12.7. The SMILES string of the molecule is CCN(C(=O)c1cnn(CCCN)c1C)C(C)CN(C)C. The Morgan fingerprint density at radius 3 is 2.67 bits per heavy atom. The van der Waals surface area contributed by atoms with Gasteiger partial charge in [-0.15, -0.1) is 0 Å². The van der Waals surface area contributed by atoms with Crippen LogP contribution in [0.1, 0.15) is 36.3 Å². The lowest BCUT2D eigenvalue weighted by molar-refractivity contribution is 0.0678. The Balaban J connectivity index is 2.87. The summed E-state index contributed by atoms with van der Waals surface area (Å²) in [4.78, 5) is 16.7. The summed E-state index contributed by atoms with van der Waals surface area (Å²) in [5, 5.41) is 4.31. The van der Waals surface area contributed by atoms with Crippen LogP contribution >= 0.6 is 0 Å². The molecule has 1 amide bonds. The molecule has 0 aliphatic heterocycles. The van der Waals surface area contributed by atoms with Crippen LogP contribution in [0.4, 0.5) is 0 Å². The van der Waals surface area contributed by atoms with Gasteiger partial charge in [0.15, 0.2) is 0 Å². The van der Waals surface area contributed by atoms with Crippen LogP contribution in [0.25, 0.3) is 0 Å². The molecule has 6 heteroatoms. The summed E-state index contributed by atoms with van der Waals surface area (Å²) in [5.74, 6) is 0.0587. The molecule has 1 rings (SSSR count). The fourth-order valence-corrected chi connectivity index (χ4v) is 2.56. The van der Waals surface area contributed by atoms with E-state index in [2.05, 4.69) is 16.9 Å². The first-order valence-electron chi connectivity index (χ1n) is 7.60. The molecule has 0 aliphatic carbocycles. The second kappa shape index (κ2) is 8.14. The second-order valence-corrected chi connectivity index (χ2v) is 5.71. The van der Waals surface area contributed by atoms with Crippen LogP contribution in [0.15, 0.2) is 6.20 Å². The van der Waals surface area contributed by atoms with Crippen molar-refractivity contribution in [1.29, 1.82) is 0 Å². The molecular formula is C15H29N5O. The average Bonchev–Trinajstić information content (AvgIpc) is 2.77. The van der Waals surface area contributed by atoms with Crippen LogP contribution in [0.5, 0.6) is 0 Å². The third-order valence-corrected chi connectivity index (χ3v) is 3.67. The molecule has 0 saturated heterocycles. The van der Waals surface area contributed by atoms with Crippen LogP contribution in [0, 0.1) is 6.92 Å². The van der Waals surface area contributed by atoms with Crippen molar-refractivity contribution in [3.63, 3.8) is 0 Å². The van der Waals surface area contributed by atoms with Crippen LogP contribution in [0.3, 0.4) is 0 Å². The van der Waals surface area contributed by atoms with E-state index in [9.17, 15) is 4.79 Å². The van der Waals surface area contributed by atoms with E-state index in [0.717, 1.165) is 25.2 Å². The Labute approximate surface area is 127 Å². The smallest absolute Gasteiger partial charge is 0.257 e. The van der Waals surface area contributed by atoms with E-state index in [1.807, 2.05) is 37.5 Å². The maximum atomic E-state index is 12.7. The number of aromatic nitrogens is 2. The molecule has 0 saturated carbocycles. The van der Waals surface area contributed by atoms with E-state index in [1.54, 1.807) is 6.20 Å². The van der Waals surface area contributed by atoms with E-state index < -0.39 is 0 Å². The van der Waals surface area contributed by atoms with Crippen LogP contribution in [-0.4, -0.2) is 65.3 Å². The Hall–Kier alpha value is -1.40. The number of hydrogen-bond donors (Lipinski definition) is 1. The molecule has 6 nitrogen and oxygen atoms in total. The van der Waals surface area contributed by atoms with Gasteiger partial charge in [-0.25, -0.2) is 0 Å². The van der Waals surface area contributed by atoms with Crippen LogP contribution < -0.4 is 5.73 Å². The molecule has 2 N–H and O–H groups in total. The molecule has 1 heterocycles.